The number of halogens is 1. The molecule has 0 spiro atoms. The Kier molecular flexibility index (Phi) is 5.73. The van der Waals surface area contributed by atoms with Crippen LogP contribution in [-0.2, 0) is 9.59 Å². The molecular formula is C24H23FN4O4. The summed E-state index contributed by atoms with van der Waals surface area (Å²) in [6, 6.07) is 11.4. The van der Waals surface area contributed by atoms with Crippen LogP contribution < -0.4 is 5.73 Å². The highest BCUT2D eigenvalue weighted by Gasteiger charge is 2.39. The van der Waals surface area contributed by atoms with E-state index in [1.807, 2.05) is 24.3 Å². The van der Waals surface area contributed by atoms with Crippen LogP contribution >= 0.6 is 0 Å². The molecule has 1 aromatic heterocycles. The number of fused-ring (bicyclic) bond motifs is 3. The Balaban J connectivity index is 1.95. The van der Waals surface area contributed by atoms with E-state index in [1.165, 1.54) is 23.2 Å². The van der Waals surface area contributed by atoms with E-state index in [0.717, 1.165) is 17.5 Å². The zero-order valence-corrected chi connectivity index (χ0v) is 18.1. The topological polar surface area (TPSA) is 120 Å². The van der Waals surface area contributed by atoms with Crippen LogP contribution in [0.1, 0.15) is 27.5 Å². The fourth-order valence-corrected chi connectivity index (χ4v) is 4.47. The molecule has 0 radical (unpaired) electrons. The number of hydrogen-bond acceptors (Lipinski definition) is 4. The Bertz CT molecular complexity index is 1280. The van der Waals surface area contributed by atoms with Crippen LogP contribution in [0.15, 0.2) is 54.7 Å². The van der Waals surface area contributed by atoms with Crippen LogP contribution in [0, 0.1) is 5.82 Å². The van der Waals surface area contributed by atoms with Crippen LogP contribution in [0.4, 0.5) is 4.39 Å². The van der Waals surface area contributed by atoms with Crippen LogP contribution in [0.3, 0.4) is 0 Å². The van der Waals surface area contributed by atoms with Crippen LogP contribution in [0.2, 0.25) is 0 Å². The maximum atomic E-state index is 13.4. The third kappa shape index (κ3) is 3.98. The Morgan fingerprint density at radius 1 is 1.15 bits per heavy atom. The maximum Gasteiger partial charge on any atom is 0.339 e. The lowest BCUT2D eigenvalue weighted by Crippen LogP contribution is -2.48. The summed E-state index contributed by atoms with van der Waals surface area (Å²) in [5.74, 6) is -3.49. The molecule has 0 saturated carbocycles. The molecule has 1 aliphatic heterocycles. The van der Waals surface area contributed by atoms with Gasteiger partial charge in [-0.05, 0) is 50.0 Å². The molecule has 2 amide bonds. The summed E-state index contributed by atoms with van der Waals surface area (Å²) in [7, 11) is 3.40. The van der Waals surface area contributed by atoms with Gasteiger partial charge in [0, 0.05) is 35.1 Å². The number of benzene rings is 2. The molecule has 33 heavy (non-hydrogen) atoms. The van der Waals surface area contributed by atoms with E-state index in [0.29, 0.717) is 16.8 Å². The second-order valence-electron chi connectivity index (χ2n) is 8.19. The van der Waals surface area contributed by atoms with E-state index < -0.39 is 35.6 Å². The third-order valence-corrected chi connectivity index (χ3v) is 5.88. The maximum absolute atomic E-state index is 13.4. The number of amides is 2. The number of para-hydroxylation sites is 1. The molecule has 2 heterocycles. The summed E-state index contributed by atoms with van der Waals surface area (Å²) in [4.78, 5) is 44.1. The molecule has 170 valence electrons. The molecule has 0 fully saturated rings. The molecule has 0 aliphatic carbocycles. The fourth-order valence-electron chi connectivity index (χ4n) is 4.47. The smallest absolute Gasteiger partial charge is 0.339 e. The summed E-state index contributed by atoms with van der Waals surface area (Å²) >= 11 is 0. The summed E-state index contributed by atoms with van der Waals surface area (Å²) in [6.45, 7) is -0.00633. The second-order valence-corrected chi connectivity index (χ2v) is 8.19. The van der Waals surface area contributed by atoms with E-state index >= 15 is 0 Å². The number of primary amides is 1. The van der Waals surface area contributed by atoms with Gasteiger partial charge in [0.25, 0.3) is 5.91 Å². The number of carbonyl (C=O) groups is 3. The molecule has 9 heteroatoms. The molecule has 2 aromatic carbocycles. The van der Waals surface area contributed by atoms with Gasteiger partial charge in [-0.1, -0.05) is 18.2 Å². The summed E-state index contributed by atoms with van der Waals surface area (Å²) in [6.07, 6.45) is 1.26. The van der Waals surface area contributed by atoms with Crippen LogP contribution in [0.5, 0.6) is 0 Å². The van der Waals surface area contributed by atoms with E-state index in [-0.39, 0.29) is 17.7 Å². The van der Waals surface area contributed by atoms with E-state index in [4.69, 9.17) is 5.73 Å². The number of H-pyrrole nitrogens is 1. The molecule has 4 rings (SSSR count). The minimum Gasteiger partial charge on any atom is -0.478 e. The minimum atomic E-state index is -1.24. The molecule has 0 bridgehead atoms. The van der Waals surface area contributed by atoms with Crippen molar-refractivity contribution in [3.05, 3.63) is 77.4 Å². The molecule has 3 aromatic rings. The van der Waals surface area contributed by atoms with Crippen molar-refractivity contribution < 1.29 is 23.9 Å². The molecule has 4 N–H and O–H groups in total. The van der Waals surface area contributed by atoms with Crippen molar-refractivity contribution in [2.45, 2.75) is 12.0 Å². The van der Waals surface area contributed by atoms with E-state index in [1.54, 1.807) is 19.0 Å². The number of aromatic amines is 1. The van der Waals surface area contributed by atoms with Gasteiger partial charge in [0.2, 0.25) is 5.91 Å². The largest absolute Gasteiger partial charge is 0.478 e. The molecule has 1 aliphatic rings. The van der Waals surface area contributed by atoms with Gasteiger partial charge in [0.1, 0.15) is 5.82 Å². The van der Waals surface area contributed by atoms with Crippen molar-refractivity contribution in [1.29, 1.82) is 0 Å². The van der Waals surface area contributed by atoms with Gasteiger partial charge in [0.05, 0.1) is 17.3 Å². The number of carboxylic acids is 1. The summed E-state index contributed by atoms with van der Waals surface area (Å²) in [5, 5.41) is 10.8. The number of carboxylic acid groups (broad SMARTS) is 1. The SMILES string of the molecule is CN(C)C(C(N)=O)C1CN(C(=O)c2ccc(F)cc2)C=C(C(=O)O)c2[nH]c3ccccc3c21. The Morgan fingerprint density at radius 2 is 1.82 bits per heavy atom. The zero-order chi connectivity index (χ0) is 23.9. The number of likely N-dealkylation sites (N-methyl/N-ethyl adjacent to an activating group) is 1. The molecule has 2 unspecified atom stereocenters. The third-order valence-electron chi connectivity index (χ3n) is 5.88. The number of nitrogens with zero attached hydrogens (tertiary/aromatic N) is 2. The first-order valence-electron chi connectivity index (χ1n) is 10.3. The van der Waals surface area contributed by atoms with Gasteiger partial charge in [0.15, 0.2) is 0 Å². The first-order chi connectivity index (χ1) is 15.7. The lowest BCUT2D eigenvalue weighted by atomic mass is 9.87. The number of nitrogens with two attached hydrogens (primary N) is 1. The van der Waals surface area contributed by atoms with Gasteiger partial charge in [-0.2, -0.15) is 0 Å². The standard InChI is InChI=1S/C24H23FN4O4/c1-28(2)21(22(26)30)16-11-29(23(31)13-7-9-14(25)10-8-13)12-17(24(32)33)20-19(16)15-5-3-4-6-18(15)27-20/h3-10,12,16,21,27H,11H2,1-2H3,(H2,26,30)(H,32,33). The predicted octanol–water partition coefficient (Wildman–Crippen LogP) is 2.39. The molecular weight excluding hydrogens is 427 g/mol. The van der Waals surface area contributed by atoms with Crippen LogP contribution in [0.25, 0.3) is 16.5 Å². The normalized spacial score (nSPS) is 16.8. The van der Waals surface area contributed by atoms with Crippen molar-refractivity contribution in [3.63, 3.8) is 0 Å². The predicted molar refractivity (Wildman–Crippen MR) is 121 cm³/mol. The first-order valence-corrected chi connectivity index (χ1v) is 10.3. The Hall–Kier alpha value is -3.98. The number of aromatic nitrogens is 1. The number of hydrogen-bond donors (Lipinski definition) is 3. The number of nitrogens with one attached hydrogen (secondary N) is 1. The van der Waals surface area contributed by atoms with Crippen molar-refractivity contribution >= 4 is 34.3 Å². The monoisotopic (exact) mass is 450 g/mol. The summed E-state index contributed by atoms with van der Waals surface area (Å²) < 4.78 is 13.4. The zero-order valence-electron chi connectivity index (χ0n) is 18.1. The highest BCUT2D eigenvalue weighted by molar-refractivity contribution is 6.17. The number of aliphatic carboxylic acids is 1. The lowest BCUT2D eigenvalue weighted by molar-refractivity contribution is -0.130. The minimum absolute atomic E-state index is 0.00633. The molecule has 2 atom stereocenters. The van der Waals surface area contributed by atoms with Gasteiger partial charge in [-0.25, -0.2) is 9.18 Å². The number of carbonyl (C=O) groups excluding carboxylic acids is 2. The van der Waals surface area contributed by atoms with Crippen molar-refractivity contribution in [3.8, 4) is 0 Å². The average Bonchev–Trinajstić information content (AvgIpc) is 3.05. The van der Waals surface area contributed by atoms with Gasteiger partial charge >= 0.3 is 5.97 Å². The van der Waals surface area contributed by atoms with Crippen molar-refractivity contribution in [2.75, 3.05) is 20.6 Å². The fraction of sp³-hybridized carbons (Fsp3) is 0.208. The average molecular weight is 450 g/mol. The first kappa shape index (κ1) is 22.2. The van der Waals surface area contributed by atoms with Crippen molar-refractivity contribution in [2.24, 2.45) is 5.73 Å². The van der Waals surface area contributed by atoms with Gasteiger partial charge in [-0.3, -0.25) is 14.5 Å². The van der Waals surface area contributed by atoms with Crippen LogP contribution in [-0.4, -0.2) is 64.4 Å². The quantitative estimate of drug-likeness (QED) is 0.551. The molecule has 0 saturated heterocycles. The second kappa shape index (κ2) is 8.51. The highest BCUT2D eigenvalue weighted by atomic mass is 19.1. The Labute approximate surface area is 189 Å². The number of rotatable bonds is 5. The Morgan fingerprint density at radius 3 is 2.42 bits per heavy atom. The van der Waals surface area contributed by atoms with Crippen molar-refractivity contribution in [1.82, 2.24) is 14.8 Å². The van der Waals surface area contributed by atoms with Gasteiger partial charge < -0.3 is 20.7 Å². The lowest BCUT2D eigenvalue weighted by Gasteiger charge is -2.32. The van der Waals surface area contributed by atoms with E-state index in [9.17, 15) is 23.9 Å². The van der Waals surface area contributed by atoms with Gasteiger partial charge in [-0.15, -0.1) is 0 Å². The summed E-state index contributed by atoms with van der Waals surface area (Å²) in [5.41, 5.74) is 7.45. The molecule has 8 nitrogen and oxygen atoms in total. The van der Waals surface area contributed by atoms with E-state index in [2.05, 4.69) is 4.98 Å². The highest BCUT2D eigenvalue weighted by Crippen LogP contribution is 2.39.